The van der Waals surface area contributed by atoms with E-state index in [-0.39, 0.29) is 0 Å². The van der Waals surface area contributed by atoms with Gasteiger partial charge < -0.3 is 5.32 Å². The molecule has 0 amide bonds. The van der Waals surface area contributed by atoms with E-state index in [2.05, 4.69) is 39.4 Å². The van der Waals surface area contributed by atoms with Gasteiger partial charge in [-0.25, -0.2) is 0 Å². The van der Waals surface area contributed by atoms with Crippen molar-refractivity contribution in [1.82, 2.24) is 0 Å². The molecule has 1 unspecified atom stereocenters. The summed E-state index contributed by atoms with van der Waals surface area (Å²) in [5.41, 5.74) is 2.84. The Morgan fingerprint density at radius 3 is 3.25 bits per heavy atom. The minimum absolute atomic E-state index is 0.844. The van der Waals surface area contributed by atoms with Crippen LogP contribution < -0.4 is 5.32 Å². The fraction of sp³-hybridized carbons (Fsp3) is 0.400. The molecule has 1 fully saturated rings. The normalized spacial score (nSPS) is 30.1. The van der Waals surface area contributed by atoms with Crippen LogP contribution in [0.3, 0.4) is 0 Å². The van der Waals surface area contributed by atoms with Gasteiger partial charge in [0.25, 0.3) is 0 Å². The van der Waals surface area contributed by atoms with Crippen molar-refractivity contribution < 1.29 is 0 Å². The summed E-state index contributed by atoms with van der Waals surface area (Å²) < 4.78 is 1.28. The predicted octanol–water partition coefficient (Wildman–Crippen LogP) is 2.98. The second-order valence-corrected chi connectivity index (χ2v) is 4.54. The maximum atomic E-state index is 3.61. The van der Waals surface area contributed by atoms with Gasteiger partial charge in [0, 0.05) is 16.7 Å². The van der Waals surface area contributed by atoms with E-state index in [1.54, 1.807) is 0 Å². The van der Waals surface area contributed by atoms with Crippen LogP contribution in [0.5, 0.6) is 0 Å². The van der Waals surface area contributed by atoms with Gasteiger partial charge in [-0.15, -0.1) is 0 Å². The Morgan fingerprint density at radius 2 is 2.33 bits per heavy atom. The van der Waals surface area contributed by atoms with Crippen LogP contribution in [0.2, 0.25) is 0 Å². The van der Waals surface area contributed by atoms with E-state index >= 15 is 0 Å². The van der Waals surface area contributed by atoms with Gasteiger partial charge in [-0.05, 0) is 36.0 Å². The highest BCUT2D eigenvalue weighted by atomic mass is 79.9. The van der Waals surface area contributed by atoms with E-state index in [4.69, 9.17) is 0 Å². The molecule has 0 saturated heterocycles. The maximum absolute atomic E-state index is 3.61. The molecule has 2 atom stereocenters. The molecule has 1 heterocycles. The Morgan fingerprint density at radius 1 is 1.42 bits per heavy atom. The lowest BCUT2D eigenvalue weighted by Crippen LogP contribution is -2.11. The van der Waals surface area contributed by atoms with Crippen LogP contribution in [-0.4, -0.2) is 6.54 Å². The van der Waals surface area contributed by atoms with Crippen molar-refractivity contribution in [2.24, 2.45) is 5.92 Å². The van der Waals surface area contributed by atoms with Gasteiger partial charge in [0.2, 0.25) is 0 Å². The van der Waals surface area contributed by atoms with E-state index in [0.29, 0.717) is 0 Å². The van der Waals surface area contributed by atoms with Crippen molar-refractivity contribution in [2.45, 2.75) is 12.3 Å². The smallest absolute Gasteiger partial charge is 0.0387 e. The lowest BCUT2D eigenvalue weighted by atomic mass is 10.0. The standard InChI is InChI=1S/C10H10BrN/c11-8-2-1-3-9-10(8)7-4-6(7)5-12-9/h1-3,6-7,12H,4-5H2/t6-,7?/m0/s1. The molecule has 1 saturated carbocycles. The summed E-state index contributed by atoms with van der Waals surface area (Å²) in [5, 5.41) is 3.46. The summed E-state index contributed by atoms with van der Waals surface area (Å²) >= 11 is 3.61. The lowest BCUT2D eigenvalue weighted by Gasteiger charge is -2.18. The molecule has 0 radical (unpaired) electrons. The summed E-state index contributed by atoms with van der Waals surface area (Å²) in [5.74, 6) is 1.76. The molecule has 1 aromatic rings. The highest BCUT2D eigenvalue weighted by Gasteiger charge is 2.43. The summed E-state index contributed by atoms with van der Waals surface area (Å²) in [6.45, 7) is 1.17. The number of anilines is 1. The summed E-state index contributed by atoms with van der Waals surface area (Å²) in [6, 6.07) is 6.41. The zero-order valence-corrected chi connectivity index (χ0v) is 8.26. The first kappa shape index (κ1) is 6.96. The molecule has 0 aromatic heterocycles. The molecule has 0 spiro atoms. The second-order valence-electron chi connectivity index (χ2n) is 3.68. The van der Waals surface area contributed by atoms with Crippen molar-refractivity contribution in [3.8, 4) is 0 Å². The molecule has 1 aromatic carbocycles. The highest BCUT2D eigenvalue weighted by Crippen LogP contribution is 2.54. The molecule has 1 nitrogen and oxygen atoms in total. The topological polar surface area (TPSA) is 12.0 Å². The molecule has 2 aliphatic rings. The Balaban J connectivity index is 2.19. The van der Waals surface area contributed by atoms with E-state index in [0.717, 1.165) is 11.8 Å². The number of nitrogens with one attached hydrogen (secondary N) is 1. The van der Waals surface area contributed by atoms with Crippen LogP contribution in [0.15, 0.2) is 22.7 Å². The molecule has 1 aliphatic heterocycles. The van der Waals surface area contributed by atoms with Crippen molar-refractivity contribution in [3.63, 3.8) is 0 Å². The van der Waals surface area contributed by atoms with Crippen LogP contribution in [0, 0.1) is 5.92 Å². The predicted molar refractivity (Wildman–Crippen MR) is 53.5 cm³/mol. The number of hydrogen-bond acceptors (Lipinski definition) is 1. The van der Waals surface area contributed by atoms with Crippen LogP contribution in [0.25, 0.3) is 0 Å². The first-order valence-corrected chi connectivity index (χ1v) is 5.18. The third-order valence-corrected chi connectivity index (χ3v) is 3.59. The van der Waals surface area contributed by atoms with Gasteiger partial charge in [0.1, 0.15) is 0 Å². The SMILES string of the molecule is Brc1cccc2c1C1C[C@H]1CN2. The highest BCUT2D eigenvalue weighted by molar-refractivity contribution is 9.10. The van der Waals surface area contributed by atoms with Gasteiger partial charge in [-0.2, -0.15) is 0 Å². The van der Waals surface area contributed by atoms with Crippen LogP contribution in [0.4, 0.5) is 5.69 Å². The molecular formula is C10H10BrN. The van der Waals surface area contributed by atoms with Crippen molar-refractivity contribution in [1.29, 1.82) is 0 Å². The first-order chi connectivity index (χ1) is 5.86. The molecule has 1 N–H and O–H groups in total. The first-order valence-electron chi connectivity index (χ1n) is 4.38. The number of fused-ring (bicyclic) bond motifs is 3. The average molecular weight is 224 g/mol. The zero-order valence-electron chi connectivity index (χ0n) is 6.68. The molecule has 62 valence electrons. The third-order valence-electron chi connectivity index (χ3n) is 2.90. The van der Waals surface area contributed by atoms with Crippen LogP contribution in [0.1, 0.15) is 17.9 Å². The van der Waals surface area contributed by atoms with E-state index in [9.17, 15) is 0 Å². The van der Waals surface area contributed by atoms with E-state index in [1.165, 1.54) is 28.7 Å². The fourth-order valence-electron chi connectivity index (χ4n) is 2.14. The average Bonchev–Trinajstić information content (AvgIpc) is 2.82. The zero-order chi connectivity index (χ0) is 8.13. The summed E-state index contributed by atoms with van der Waals surface area (Å²) in [6.07, 6.45) is 1.38. The van der Waals surface area contributed by atoms with Gasteiger partial charge in [0.05, 0.1) is 0 Å². The quantitative estimate of drug-likeness (QED) is 0.714. The van der Waals surface area contributed by atoms with Gasteiger partial charge >= 0.3 is 0 Å². The molecule has 2 heteroatoms. The number of benzene rings is 1. The fourth-order valence-corrected chi connectivity index (χ4v) is 2.80. The largest absolute Gasteiger partial charge is 0.384 e. The molecule has 1 aliphatic carbocycles. The Bertz CT molecular complexity index is 335. The third kappa shape index (κ3) is 0.845. The number of rotatable bonds is 0. The number of hydrogen-bond donors (Lipinski definition) is 1. The van der Waals surface area contributed by atoms with Crippen molar-refractivity contribution in [3.05, 3.63) is 28.2 Å². The number of halogens is 1. The van der Waals surface area contributed by atoms with Crippen LogP contribution in [-0.2, 0) is 0 Å². The minimum Gasteiger partial charge on any atom is -0.384 e. The Labute approximate surface area is 80.3 Å². The molecular weight excluding hydrogens is 214 g/mol. The van der Waals surface area contributed by atoms with Crippen LogP contribution >= 0.6 is 15.9 Å². The Hall–Kier alpha value is -0.500. The van der Waals surface area contributed by atoms with Gasteiger partial charge in [-0.1, -0.05) is 22.0 Å². The van der Waals surface area contributed by atoms with E-state index in [1.807, 2.05) is 0 Å². The summed E-state index contributed by atoms with van der Waals surface area (Å²) in [4.78, 5) is 0. The van der Waals surface area contributed by atoms with Gasteiger partial charge in [0.15, 0.2) is 0 Å². The van der Waals surface area contributed by atoms with Crippen molar-refractivity contribution in [2.75, 3.05) is 11.9 Å². The summed E-state index contributed by atoms with van der Waals surface area (Å²) in [7, 11) is 0. The minimum atomic E-state index is 0.844. The van der Waals surface area contributed by atoms with Gasteiger partial charge in [-0.3, -0.25) is 0 Å². The second kappa shape index (κ2) is 2.25. The monoisotopic (exact) mass is 223 g/mol. The Kier molecular flexibility index (Phi) is 1.31. The lowest BCUT2D eigenvalue weighted by molar-refractivity contribution is 0.814. The van der Waals surface area contributed by atoms with E-state index < -0.39 is 0 Å². The maximum Gasteiger partial charge on any atom is 0.0387 e. The van der Waals surface area contributed by atoms with Crippen molar-refractivity contribution >= 4 is 21.6 Å². The molecule has 12 heavy (non-hydrogen) atoms. The molecule has 0 bridgehead atoms. The molecule has 3 rings (SSSR count).